The zero-order valence-corrected chi connectivity index (χ0v) is 17.6. The topological polar surface area (TPSA) is 93.8 Å². The number of methoxy groups -OCH3 is 1. The quantitative estimate of drug-likeness (QED) is 0.683. The van der Waals surface area contributed by atoms with Crippen molar-refractivity contribution in [3.63, 3.8) is 0 Å². The number of pyridine rings is 1. The maximum atomic E-state index is 13.2. The molecule has 0 radical (unpaired) electrons. The van der Waals surface area contributed by atoms with Gasteiger partial charge in [0, 0.05) is 42.9 Å². The van der Waals surface area contributed by atoms with Crippen molar-refractivity contribution in [1.82, 2.24) is 9.47 Å². The zero-order chi connectivity index (χ0) is 22.2. The van der Waals surface area contributed by atoms with Gasteiger partial charge in [-0.05, 0) is 54.8 Å². The van der Waals surface area contributed by atoms with Crippen LogP contribution >= 0.6 is 0 Å². The first kappa shape index (κ1) is 20.1. The molecule has 0 unspecified atom stereocenters. The molecule has 8 nitrogen and oxygen atoms in total. The highest BCUT2D eigenvalue weighted by atomic mass is 16.5. The van der Waals surface area contributed by atoms with Crippen molar-refractivity contribution in [3.05, 3.63) is 82.2 Å². The largest absolute Gasteiger partial charge is 0.497 e. The van der Waals surface area contributed by atoms with E-state index in [-0.39, 0.29) is 35.0 Å². The minimum absolute atomic E-state index is 0.0461. The molecule has 32 heavy (non-hydrogen) atoms. The number of carbonyl (C=O) groups is 2. The molecule has 2 bridgehead atoms. The summed E-state index contributed by atoms with van der Waals surface area (Å²) in [5, 5.41) is 2.88. The van der Waals surface area contributed by atoms with Gasteiger partial charge in [0.25, 0.3) is 17.4 Å². The molecule has 2 atom stereocenters. The monoisotopic (exact) mass is 433 g/mol. The zero-order valence-electron chi connectivity index (χ0n) is 17.6. The van der Waals surface area contributed by atoms with E-state index in [9.17, 15) is 14.4 Å². The van der Waals surface area contributed by atoms with Gasteiger partial charge in [-0.25, -0.2) is 0 Å². The van der Waals surface area contributed by atoms with Crippen LogP contribution in [0.15, 0.2) is 64.0 Å². The number of benzene rings is 1. The van der Waals surface area contributed by atoms with E-state index in [0.717, 1.165) is 12.1 Å². The number of amides is 2. The Balaban J connectivity index is 1.43. The summed E-state index contributed by atoms with van der Waals surface area (Å²) in [6.07, 6.45) is 2.30. The van der Waals surface area contributed by atoms with Crippen LogP contribution in [0.25, 0.3) is 0 Å². The Labute approximate surface area is 184 Å². The van der Waals surface area contributed by atoms with Crippen LogP contribution in [0.5, 0.6) is 5.75 Å². The summed E-state index contributed by atoms with van der Waals surface area (Å²) in [5.41, 5.74) is 1.84. The number of furan rings is 1. The molecule has 2 aromatic heterocycles. The van der Waals surface area contributed by atoms with E-state index in [2.05, 4.69) is 5.32 Å². The normalized spacial score (nSPS) is 19.2. The second kappa shape index (κ2) is 8.03. The number of likely N-dealkylation sites (tertiary alicyclic amines) is 1. The predicted molar refractivity (Wildman–Crippen MR) is 117 cm³/mol. The first-order valence-corrected chi connectivity index (χ1v) is 10.6. The van der Waals surface area contributed by atoms with Gasteiger partial charge < -0.3 is 23.9 Å². The van der Waals surface area contributed by atoms with E-state index < -0.39 is 0 Å². The van der Waals surface area contributed by atoms with Crippen LogP contribution in [0.1, 0.15) is 38.9 Å². The highest BCUT2D eigenvalue weighted by Gasteiger charge is 2.38. The number of fused-ring (bicyclic) bond motifs is 4. The molecule has 3 aromatic rings. The molecule has 1 aromatic carbocycles. The predicted octanol–water partition coefficient (Wildman–Crippen LogP) is 2.96. The molecule has 1 fully saturated rings. The number of hydrogen-bond acceptors (Lipinski definition) is 5. The molecule has 4 heterocycles. The fraction of sp³-hybridized carbons (Fsp3) is 0.292. The van der Waals surface area contributed by atoms with Crippen LogP contribution in [-0.2, 0) is 6.54 Å². The van der Waals surface area contributed by atoms with Crippen molar-refractivity contribution in [2.24, 2.45) is 5.92 Å². The van der Waals surface area contributed by atoms with Crippen LogP contribution in [0.4, 0.5) is 5.69 Å². The number of hydrogen-bond donors (Lipinski definition) is 1. The minimum Gasteiger partial charge on any atom is -0.497 e. The molecule has 1 saturated heterocycles. The summed E-state index contributed by atoms with van der Waals surface area (Å²) in [7, 11) is 1.59. The Morgan fingerprint density at radius 2 is 1.88 bits per heavy atom. The van der Waals surface area contributed by atoms with E-state index in [1.165, 1.54) is 12.3 Å². The Kier molecular flexibility index (Phi) is 5.05. The van der Waals surface area contributed by atoms with Crippen molar-refractivity contribution in [2.45, 2.75) is 18.9 Å². The van der Waals surface area contributed by atoms with Gasteiger partial charge in [0.2, 0.25) is 0 Å². The van der Waals surface area contributed by atoms with Crippen LogP contribution < -0.4 is 15.6 Å². The van der Waals surface area contributed by atoms with E-state index in [0.29, 0.717) is 36.6 Å². The number of aromatic nitrogens is 1. The van der Waals surface area contributed by atoms with Gasteiger partial charge >= 0.3 is 0 Å². The lowest BCUT2D eigenvalue weighted by molar-refractivity contribution is 0.0595. The molecular formula is C24H23N3O5. The standard InChI is InChI=1S/C24H23N3O5/c1-31-18-6-4-16(5-7-18)24(30)26-12-15-11-17(14-26)22-19(8-9-21(28)27(22)13-15)25-23(29)20-3-2-10-32-20/h2-10,15,17H,11-14H2,1H3,(H,25,29)/t15-,17+/m0/s1. The highest BCUT2D eigenvalue weighted by Crippen LogP contribution is 2.39. The summed E-state index contributed by atoms with van der Waals surface area (Å²) >= 11 is 0. The fourth-order valence-corrected chi connectivity index (χ4v) is 4.79. The number of carbonyl (C=O) groups excluding carboxylic acids is 2. The molecule has 0 saturated carbocycles. The lowest BCUT2D eigenvalue weighted by Gasteiger charge is -2.43. The van der Waals surface area contributed by atoms with Crippen LogP contribution in [0.2, 0.25) is 0 Å². The van der Waals surface area contributed by atoms with E-state index in [1.807, 2.05) is 4.90 Å². The van der Waals surface area contributed by atoms with Crippen molar-refractivity contribution in [1.29, 1.82) is 0 Å². The number of ether oxygens (including phenoxy) is 1. The minimum atomic E-state index is -0.374. The van der Waals surface area contributed by atoms with Crippen molar-refractivity contribution >= 4 is 17.5 Å². The van der Waals surface area contributed by atoms with Crippen LogP contribution in [-0.4, -0.2) is 41.5 Å². The van der Waals surface area contributed by atoms with Gasteiger partial charge in [-0.2, -0.15) is 0 Å². The highest BCUT2D eigenvalue weighted by molar-refractivity contribution is 6.02. The molecule has 164 valence electrons. The van der Waals surface area contributed by atoms with E-state index in [1.54, 1.807) is 54.1 Å². The average molecular weight is 433 g/mol. The number of piperidine rings is 1. The second-order valence-electron chi connectivity index (χ2n) is 8.25. The lowest BCUT2D eigenvalue weighted by atomic mass is 9.82. The molecular weight excluding hydrogens is 410 g/mol. The SMILES string of the molecule is COc1ccc(C(=O)N2C[C@@H]3C[C@H](C2)c2c(NC(=O)c4ccco4)ccc(=O)n2C3)cc1. The summed E-state index contributed by atoms with van der Waals surface area (Å²) in [5.74, 6) is 0.601. The van der Waals surface area contributed by atoms with Crippen molar-refractivity contribution in [2.75, 3.05) is 25.5 Å². The number of rotatable bonds is 4. The first-order valence-electron chi connectivity index (χ1n) is 10.6. The van der Waals surface area contributed by atoms with Crippen molar-refractivity contribution < 1.29 is 18.7 Å². The maximum Gasteiger partial charge on any atom is 0.291 e. The van der Waals surface area contributed by atoms with Gasteiger partial charge in [-0.1, -0.05) is 0 Å². The van der Waals surface area contributed by atoms with Crippen LogP contribution in [0, 0.1) is 5.92 Å². The summed E-state index contributed by atoms with van der Waals surface area (Å²) in [4.78, 5) is 40.2. The summed E-state index contributed by atoms with van der Waals surface area (Å²) in [6.45, 7) is 1.59. The number of anilines is 1. The average Bonchev–Trinajstić information content (AvgIpc) is 3.35. The number of nitrogens with zero attached hydrogens (tertiary/aromatic N) is 2. The Morgan fingerprint density at radius 1 is 1.06 bits per heavy atom. The van der Waals surface area contributed by atoms with Gasteiger partial charge in [0.05, 0.1) is 19.1 Å². The Morgan fingerprint density at radius 3 is 2.59 bits per heavy atom. The summed E-state index contributed by atoms with van der Waals surface area (Å²) in [6, 6.07) is 13.4. The third-order valence-electron chi connectivity index (χ3n) is 6.21. The van der Waals surface area contributed by atoms with Crippen LogP contribution in [0.3, 0.4) is 0 Å². The van der Waals surface area contributed by atoms with Gasteiger partial charge in [-0.15, -0.1) is 0 Å². The van der Waals surface area contributed by atoms with Gasteiger partial charge in [0.15, 0.2) is 5.76 Å². The lowest BCUT2D eigenvalue weighted by Crippen LogP contribution is -2.49. The molecule has 0 aliphatic carbocycles. The molecule has 2 amide bonds. The molecule has 2 aliphatic heterocycles. The van der Waals surface area contributed by atoms with Crippen molar-refractivity contribution in [3.8, 4) is 5.75 Å². The Bertz CT molecular complexity index is 1210. The number of nitrogens with one attached hydrogen (secondary N) is 1. The smallest absolute Gasteiger partial charge is 0.291 e. The molecule has 2 aliphatic rings. The Hall–Kier alpha value is -3.81. The molecule has 1 N–H and O–H groups in total. The third-order valence-corrected chi connectivity index (χ3v) is 6.21. The molecule has 5 rings (SSSR count). The molecule has 8 heteroatoms. The third kappa shape index (κ3) is 3.57. The van der Waals surface area contributed by atoms with E-state index >= 15 is 0 Å². The van der Waals surface area contributed by atoms with Gasteiger partial charge in [-0.3, -0.25) is 14.4 Å². The van der Waals surface area contributed by atoms with Gasteiger partial charge in [0.1, 0.15) is 5.75 Å². The first-order chi connectivity index (χ1) is 15.5. The second-order valence-corrected chi connectivity index (χ2v) is 8.25. The fourth-order valence-electron chi connectivity index (χ4n) is 4.79. The van der Waals surface area contributed by atoms with E-state index in [4.69, 9.17) is 9.15 Å². The molecule has 0 spiro atoms. The maximum absolute atomic E-state index is 13.2. The summed E-state index contributed by atoms with van der Waals surface area (Å²) < 4.78 is 12.1.